The highest BCUT2D eigenvalue weighted by molar-refractivity contribution is 5.21. The van der Waals surface area contributed by atoms with Crippen LogP contribution in [-0.4, -0.2) is 21.9 Å². The molecule has 1 aliphatic heterocycles. The van der Waals surface area contributed by atoms with Gasteiger partial charge >= 0.3 is 0 Å². The van der Waals surface area contributed by atoms with Crippen LogP contribution in [-0.2, 0) is 10.3 Å². The number of rotatable bonds is 3. The maximum atomic E-state index is 10.2. The van der Waals surface area contributed by atoms with E-state index in [1.807, 2.05) is 37.3 Å². The van der Waals surface area contributed by atoms with Gasteiger partial charge in [-0.1, -0.05) is 35.5 Å². The number of benzene rings is 1. The second-order valence-corrected chi connectivity index (χ2v) is 4.95. The van der Waals surface area contributed by atoms with Gasteiger partial charge in [-0.15, -0.1) is 0 Å². The summed E-state index contributed by atoms with van der Waals surface area (Å²) in [7, 11) is 0. The summed E-state index contributed by atoms with van der Waals surface area (Å²) in [4.78, 5) is 4.29. The van der Waals surface area contributed by atoms with Crippen LogP contribution in [0.25, 0.3) is 0 Å². The summed E-state index contributed by atoms with van der Waals surface area (Å²) in [6.07, 6.45) is 0.960. The Labute approximate surface area is 111 Å². The van der Waals surface area contributed by atoms with E-state index in [1.165, 1.54) is 0 Å². The van der Waals surface area contributed by atoms with E-state index in [2.05, 4.69) is 10.1 Å². The largest absolute Gasteiger partial charge is 0.378 e. The Bertz CT molecular complexity index is 547. The van der Waals surface area contributed by atoms with Gasteiger partial charge in [0.2, 0.25) is 5.82 Å². The molecule has 2 unspecified atom stereocenters. The van der Waals surface area contributed by atoms with Crippen LogP contribution in [0, 0.1) is 0 Å². The molecule has 0 saturated carbocycles. The third kappa shape index (κ3) is 2.27. The monoisotopic (exact) mass is 260 g/mol. The van der Waals surface area contributed by atoms with Gasteiger partial charge in [-0.25, -0.2) is 0 Å². The van der Waals surface area contributed by atoms with Crippen molar-refractivity contribution in [2.45, 2.75) is 31.5 Å². The van der Waals surface area contributed by atoms with E-state index in [9.17, 15) is 5.11 Å². The summed E-state index contributed by atoms with van der Waals surface area (Å²) in [6, 6.07) is 9.25. The smallest absolute Gasteiger partial charge is 0.260 e. The summed E-state index contributed by atoms with van der Waals surface area (Å²) in [5, 5.41) is 14.1. The molecule has 0 aliphatic carbocycles. The Morgan fingerprint density at radius 2 is 2.11 bits per heavy atom. The molecular formula is C14H16N2O3. The Hall–Kier alpha value is -1.72. The first-order valence-corrected chi connectivity index (χ1v) is 6.40. The van der Waals surface area contributed by atoms with Gasteiger partial charge in [-0.2, -0.15) is 4.98 Å². The molecule has 5 nitrogen and oxygen atoms in total. The van der Waals surface area contributed by atoms with Gasteiger partial charge in [0, 0.05) is 6.61 Å². The molecule has 19 heavy (non-hydrogen) atoms. The van der Waals surface area contributed by atoms with Crippen molar-refractivity contribution in [3.63, 3.8) is 0 Å². The predicted octanol–water partition coefficient (Wildman–Crippen LogP) is 2.18. The number of aromatic nitrogens is 2. The van der Waals surface area contributed by atoms with Crippen molar-refractivity contribution >= 4 is 0 Å². The van der Waals surface area contributed by atoms with Crippen molar-refractivity contribution in [2.75, 3.05) is 6.61 Å². The van der Waals surface area contributed by atoms with Gasteiger partial charge in [-0.3, -0.25) is 0 Å². The fourth-order valence-corrected chi connectivity index (χ4v) is 2.29. The summed E-state index contributed by atoms with van der Waals surface area (Å²) in [5.41, 5.74) is 0.244. The van der Waals surface area contributed by atoms with Crippen LogP contribution in [0.3, 0.4) is 0 Å². The Balaban J connectivity index is 1.85. The van der Waals surface area contributed by atoms with Gasteiger partial charge in [0.05, 0.1) is 0 Å². The maximum Gasteiger partial charge on any atom is 0.260 e. The quantitative estimate of drug-likeness (QED) is 0.916. The maximum absolute atomic E-state index is 10.2. The van der Waals surface area contributed by atoms with Crippen molar-refractivity contribution < 1.29 is 14.4 Å². The summed E-state index contributed by atoms with van der Waals surface area (Å²) in [6.45, 7) is 2.66. The highest BCUT2D eigenvalue weighted by Gasteiger charge is 2.37. The molecule has 100 valence electrons. The van der Waals surface area contributed by atoms with Gasteiger partial charge < -0.3 is 14.4 Å². The lowest BCUT2D eigenvalue weighted by Gasteiger charge is -2.17. The lowest BCUT2D eigenvalue weighted by Crippen LogP contribution is -2.21. The molecule has 0 amide bonds. The summed E-state index contributed by atoms with van der Waals surface area (Å²) in [5.74, 6) is 0.716. The number of hydrogen-bond donors (Lipinski definition) is 1. The first kappa shape index (κ1) is 12.3. The minimum atomic E-state index is -0.896. The molecule has 0 radical (unpaired) electrons. The predicted molar refractivity (Wildman–Crippen MR) is 67.3 cm³/mol. The van der Waals surface area contributed by atoms with E-state index >= 15 is 0 Å². The van der Waals surface area contributed by atoms with Crippen LogP contribution in [0.5, 0.6) is 0 Å². The standard InChI is InChI=1S/C14H16N2O3/c1-14(8-5-9-18-14)13-15-12(19-16-13)11(17)10-6-3-2-4-7-10/h2-4,6-7,11,17H,5,8-9H2,1H3. The second-order valence-electron chi connectivity index (χ2n) is 4.95. The molecule has 1 N–H and O–H groups in total. The fourth-order valence-electron chi connectivity index (χ4n) is 2.29. The second kappa shape index (κ2) is 4.75. The lowest BCUT2D eigenvalue weighted by molar-refractivity contribution is 0.00767. The SMILES string of the molecule is CC1(c2noc(C(O)c3ccccc3)n2)CCCO1. The molecule has 1 fully saturated rings. The molecule has 2 heterocycles. The third-order valence-corrected chi connectivity index (χ3v) is 3.48. The van der Waals surface area contributed by atoms with Gasteiger partial charge in [0.1, 0.15) is 5.60 Å². The van der Waals surface area contributed by atoms with E-state index < -0.39 is 11.7 Å². The van der Waals surface area contributed by atoms with Crippen LogP contribution >= 0.6 is 0 Å². The Morgan fingerprint density at radius 1 is 1.32 bits per heavy atom. The number of aliphatic hydroxyl groups is 1. The van der Waals surface area contributed by atoms with Gasteiger partial charge in [-0.05, 0) is 25.3 Å². The number of aliphatic hydroxyl groups excluding tert-OH is 1. The molecule has 0 spiro atoms. The average molecular weight is 260 g/mol. The fraction of sp³-hybridized carbons (Fsp3) is 0.429. The van der Waals surface area contributed by atoms with Crippen LogP contribution < -0.4 is 0 Å². The van der Waals surface area contributed by atoms with Gasteiger partial charge in [0.15, 0.2) is 6.10 Å². The zero-order valence-electron chi connectivity index (χ0n) is 10.7. The van der Waals surface area contributed by atoms with Crippen LogP contribution in [0.15, 0.2) is 34.9 Å². The van der Waals surface area contributed by atoms with Gasteiger partial charge in [0.25, 0.3) is 5.89 Å². The molecule has 3 rings (SSSR count). The average Bonchev–Trinajstić information content (AvgIpc) is 3.08. The highest BCUT2D eigenvalue weighted by Crippen LogP contribution is 2.34. The van der Waals surface area contributed by atoms with Crippen LogP contribution in [0.2, 0.25) is 0 Å². The molecule has 1 saturated heterocycles. The summed E-state index contributed by atoms with van der Waals surface area (Å²) >= 11 is 0. The van der Waals surface area contributed by atoms with E-state index in [1.54, 1.807) is 0 Å². The van der Waals surface area contributed by atoms with E-state index in [-0.39, 0.29) is 5.89 Å². The highest BCUT2D eigenvalue weighted by atomic mass is 16.5. The Morgan fingerprint density at radius 3 is 2.79 bits per heavy atom. The summed E-state index contributed by atoms with van der Waals surface area (Å²) < 4.78 is 10.8. The first-order valence-electron chi connectivity index (χ1n) is 6.40. The zero-order chi connectivity index (χ0) is 13.3. The molecule has 2 atom stereocenters. The molecule has 1 aromatic carbocycles. The van der Waals surface area contributed by atoms with E-state index in [4.69, 9.17) is 9.26 Å². The molecule has 1 aliphatic rings. The van der Waals surface area contributed by atoms with Crippen molar-refractivity contribution in [1.82, 2.24) is 10.1 Å². The normalized spacial score (nSPS) is 24.5. The molecular weight excluding hydrogens is 244 g/mol. The molecule has 0 bridgehead atoms. The number of nitrogens with zero attached hydrogens (tertiary/aromatic N) is 2. The van der Waals surface area contributed by atoms with Crippen molar-refractivity contribution in [3.05, 3.63) is 47.6 Å². The van der Waals surface area contributed by atoms with Crippen LogP contribution in [0.1, 0.15) is 43.1 Å². The first-order chi connectivity index (χ1) is 9.19. The molecule has 5 heteroatoms. The Kier molecular flexibility index (Phi) is 3.08. The zero-order valence-corrected chi connectivity index (χ0v) is 10.7. The van der Waals surface area contributed by atoms with Crippen molar-refractivity contribution in [3.8, 4) is 0 Å². The minimum Gasteiger partial charge on any atom is -0.378 e. The van der Waals surface area contributed by atoms with E-state index in [0.29, 0.717) is 12.4 Å². The minimum absolute atomic E-state index is 0.206. The van der Waals surface area contributed by atoms with Crippen molar-refractivity contribution in [2.24, 2.45) is 0 Å². The van der Waals surface area contributed by atoms with E-state index in [0.717, 1.165) is 18.4 Å². The van der Waals surface area contributed by atoms with Crippen LogP contribution in [0.4, 0.5) is 0 Å². The topological polar surface area (TPSA) is 68.4 Å². The lowest BCUT2D eigenvalue weighted by atomic mass is 10.0. The number of ether oxygens (including phenoxy) is 1. The third-order valence-electron chi connectivity index (χ3n) is 3.48. The molecule has 1 aromatic heterocycles. The number of hydrogen-bond acceptors (Lipinski definition) is 5. The van der Waals surface area contributed by atoms with Crippen molar-refractivity contribution in [1.29, 1.82) is 0 Å². The molecule has 2 aromatic rings.